The molecule has 0 amide bonds. The molecule has 0 aromatic heterocycles. The maximum absolute atomic E-state index is 12.9. The van der Waals surface area contributed by atoms with Crippen molar-refractivity contribution in [3.63, 3.8) is 0 Å². The van der Waals surface area contributed by atoms with Crippen molar-refractivity contribution < 1.29 is 13.2 Å². The van der Waals surface area contributed by atoms with E-state index in [0.717, 1.165) is 23.5 Å². The minimum absolute atomic E-state index is 0.108. The summed E-state index contributed by atoms with van der Waals surface area (Å²) >= 11 is 0. The molecule has 0 aliphatic heterocycles. The molecule has 26 heavy (non-hydrogen) atoms. The van der Waals surface area contributed by atoms with E-state index in [1.54, 1.807) is 24.3 Å². The van der Waals surface area contributed by atoms with Gasteiger partial charge in [-0.15, -0.1) is 0 Å². The van der Waals surface area contributed by atoms with Crippen LogP contribution in [0.15, 0.2) is 48.5 Å². The van der Waals surface area contributed by atoms with Crippen molar-refractivity contribution in [1.29, 1.82) is 0 Å². The SMILES string of the molecule is CCCC1CCC(CCF)CC1.Fc1ccc(-c2cccc(F)c2)cc1. The normalized spacial score (nSPS) is 19.5. The largest absolute Gasteiger partial charge is 0.251 e. The first-order valence-corrected chi connectivity index (χ1v) is 9.69. The molecule has 2 aromatic rings. The lowest BCUT2D eigenvalue weighted by Gasteiger charge is -2.27. The van der Waals surface area contributed by atoms with E-state index in [-0.39, 0.29) is 18.3 Å². The molecule has 0 atom stereocenters. The van der Waals surface area contributed by atoms with Gasteiger partial charge in [0.25, 0.3) is 0 Å². The summed E-state index contributed by atoms with van der Waals surface area (Å²) in [7, 11) is 0. The molecule has 1 saturated carbocycles. The number of hydrogen-bond acceptors (Lipinski definition) is 0. The van der Waals surface area contributed by atoms with E-state index in [1.807, 2.05) is 0 Å². The fourth-order valence-corrected chi connectivity index (χ4v) is 3.68. The Bertz CT molecular complexity index is 614. The predicted molar refractivity (Wildman–Crippen MR) is 103 cm³/mol. The quantitative estimate of drug-likeness (QED) is 0.514. The van der Waals surface area contributed by atoms with E-state index in [0.29, 0.717) is 5.92 Å². The van der Waals surface area contributed by atoms with Gasteiger partial charge in [-0.3, -0.25) is 4.39 Å². The zero-order valence-electron chi connectivity index (χ0n) is 15.6. The van der Waals surface area contributed by atoms with Gasteiger partial charge in [0, 0.05) is 0 Å². The molecule has 0 radical (unpaired) electrons. The van der Waals surface area contributed by atoms with Crippen LogP contribution in [0.2, 0.25) is 0 Å². The van der Waals surface area contributed by atoms with E-state index in [4.69, 9.17) is 0 Å². The van der Waals surface area contributed by atoms with Crippen LogP contribution in [-0.2, 0) is 0 Å². The average Bonchev–Trinajstić information content (AvgIpc) is 2.65. The molecule has 0 heterocycles. The van der Waals surface area contributed by atoms with Gasteiger partial charge >= 0.3 is 0 Å². The van der Waals surface area contributed by atoms with Gasteiger partial charge in [0.2, 0.25) is 0 Å². The number of benzene rings is 2. The molecule has 1 fully saturated rings. The van der Waals surface area contributed by atoms with Crippen molar-refractivity contribution in [3.8, 4) is 11.1 Å². The maximum atomic E-state index is 12.9. The molecule has 0 spiro atoms. The van der Waals surface area contributed by atoms with Gasteiger partial charge in [0.1, 0.15) is 11.6 Å². The third-order valence-corrected chi connectivity index (χ3v) is 5.18. The predicted octanol–water partition coefficient (Wildman–Crippen LogP) is 7.58. The Kier molecular flexibility index (Phi) is 8.73. The lowest BCUT2D eigenvalue weighted by Crippen LogP contribution is -2.14. The molecule has 3 heteroatoms. The van der Waals surface area contributed by atoms with Gasteiger partial charge in [-0.05, 0) is 53.6 Å². The smallest absolute Gasteiger partial charge is 0.123 e. The summed E-state index contributed by atoms with van der Waals surface area (Å²) in [6.07, 6.45) is 8.82. The Morgan fingerprint density at radius 3 is 1.92 bits per heavy atom. The Morgan fingerprint density at radius 2 is 1.38 bits per heavy atom. The van der Waals surface area contributed by atoms with E-state index in [2.05, 4.69) is 6.92 Å². The van der Waals surface area contributed by atoms with Crippen LogP contribution in [-0.4, -0.2) is 6.67 Å². The van der Waals surface area contributed by atoms with Crippen molar-refractivity contribution in [3.05, 3.63) is 60.2 Å². The summed E-state index contributed by atoms with van der Waals surface area (Å²) in [4.78, 5) is 0. The summed E-state index contributed by atoms with van der Waals surface area (Å²) in [6, 6.07) is 12.2. The van der Waals surface area contributed by atoms with Gasteiger partial charge in [0.15, 0.2) is 0 Å². The molecule has 3 rings (SSSR count). The average molecular weight is 362 g/mol. The summed E-state index contributed by atoms with van der Waals surface area (Å²) < 4.78 is 37.5. The Labute approximate surface area is 155 Å². The number of halogens is 3. The Morgan fingerprint density at radius 1 is 0.769 bits per heavy atom. The minimum atomic E-state index is -0.287. The van der Waals surface area contributed by atoms with E-state index >= 15 is 0 Å². The van der Waals surface area contributed by atoms with Crippen molar-refractivity contribution in [2.75, 3.05) is 6.67 Å². The third kappa shape index (κ3) is 6.86. The second-order valence-corrected chi connectivity index (χ2v) is 7.17. The second kappa shape index (κ2) is 11.1. The first kappa shape index (κ1) is 20.5. The van der Waals surface area contributed by atoms with Gasteiger partial charge in [0.05, 0.1) is 6.67 Å². The molecule has 1 aliphatic carbocycles. The third-order valence-electron chi connectivity index (χ3n) is 5.18. The fourth-order valence-electron chi connectivity index (χ4n) is 3.68. The van der Waals surface area contributed by atoms with Crippen LogP contribution in [0.3, 0.4) is 0 Å². The Hall–Kier alpha value is -1.77. The van der Waals surface area contributed by atoms with Gasteiger partial charge in [-0.25, -0.2) is 8.78 Å². The zero-order valence-corrected chi connectivity index (χ0v) is 15.6. The van der Waals surface area contributed by atoms with E-state index < -0.39 is 0 Å². The Balaban J connectivity index is 0.000000190. The molecule has 0 nitrogen and oxygen atoms in total. The monoisotopic (exact) mass is 362 g/mol. The molecule has 1 aliphatic rings. The van der Waals surface area contributed by atoms with Gasteiger partial charge < -0.3 is 0 Å². The summed E-state index contributed by atoms with van der Waals surface area (Å²) in [5.74, 6) is 1.10. The first-order valence-electron chi connectivity index (χ1n) is 9.69. The molecular weight excluding hydrogens is 333 g/mol. The molecular formula is C23H29F3. The lowest BCUT2D eigenvalue weighted by molar-refractivity contribution is 0.238. The van der Waals surface area contributed by atoms with Crippen molar-refractivity contribution >= 4 is 0 Å². The molecule has 142 valence electrons. The van der Waals surface area contributed by atoms with E-state index in [9.17, 15) is 13.2 Å². The highest BCUT2D eigenvalue weighted by molar-refractivity contribution is 5.63. The van der Waals surface area contributed by atoms with Crippen LogP contribution >= 0.6 is 0 Å². The highest BCUT2D eigenvalue weighted by atomic mass is 19.1. The highest BCUT2D eigenvalue weighted by Crippen LogP contribution is 2.33. The van der Waals surface area contributed by atoms with Gasteiger partial charge in [-0.1, -0.05) is 69.7 Å². The second-order valence-electron chi connectivity index (χ2n) is 7.17. The number of hydrogen-bond donors (Lipinski definition) is 0. The topological polar surface area (TPSA) is 0 Å². The minimum Gasteiger partial charge on any atom is -0.251 e. The summed E-state index contributed by atoms with van der Waals surface area (Å²) in [5.41, 5.74) is 1.57. The van der Waals surface area contributed by atoms with E-state index in [1.165, 1.54) is 62.8 Å². The summed E-state index contributed by atoms with van der Waals surface area (Å²) in [6.45, 7) is 2.15. The van der Waals surface area contributed by atoms with Crippen molar-refractivity contribution in [2.45, 2.75) is 51.9 Å². The standard InChI is InChI=1S/C12H8F2.C11H21F/c13-11-6-4-9(5-7-11)10-2-1-3-12(14)8-10;1-2-3-10-4-6-11(7-5-10)8-9-12/h1-8H;10-11H,2-9H2,1H3. The zero-order chi connectivity index (χ0) is 18.8. The summed E-state index contributed by atoms with van der Waals surface area (Å²) in [5, 5.41) is 0. The van der Waals surface area contributed by atoms with Crippen LogP contribution in [0.25, 0.3) is 11.1 Å². The molecule has 0 N–H and O–H groups in total. The van der Waals surface area contributed by atoms with Crippen LogP contribution in [0.4, 0.5) is 13.2 Å². The lowest BCUT2D eigenvalue weighted by atomic mass is 9.79. The van der Waals surface area contributed by atoms with Gasteiger partial charge in [-0.2, -0.15) is 0 Å². The number of rotatable bonds is 5. The molecule has 0 saturated heterocycles. The highest BCUT2D eigenvalue weighted by Gasteiger charge is 2.19. The van der Waals surface area contributed by atoms with Crippen molar-refractivity contribution in [2.24, 2.45) is 11.8 Å². The molecule has 0 unspecified atom stereocenters. The first-order chi connectivity index (χ1) is 12.6. The fraction of sp³-hybridized carbons (Fsp3) is 0.478. The maximum Gasteiger partial charge on any atom is 0.123 e. The molecule has 0 bridgehead atoms. The van der Waals surface area contributed by atoms with Crippen LogP contribution in [0.5, 0.6) is 0 Å². The number of alkyl halides is 1. The molecule has 2 aromatic carbocycles. The van der Waals surface area contributed by atoms with Crippen LogP contribution in [0.1, 0.15) is 51.9 Å². The van der Waals surface area contributed by atoms with Crippen molar-refractivity contribution in [1.82, 2.24) is 0 Å². The van der Waals surface area contributed by atoms with Crippen LogP contribution in [0, 0.1) is 23.5 Å². The van der Waals surface area contributed by atoms with Crippen LogP contribution < -0.4 is 0 Å².